The lowest BCUT2D eigenvalue weighted by Gasteiger charge is -2.45. The number of carbonyl (C=O) groups is 1. The van der Waals surface area contributed by atoms with Crippen LogP contribution in [0.1, 0.15) is 43.4 Å². The van der Waals surface area contributed by atoms with Crippen molar-refractivity contribution in [2.24, 2.45) is 0 Å². The average Bonchev–Trinajstić information content (AvgIpc) is 2.85. The molecule has 4 rings (SSSR count). The molecule has 2 amide bonds. The Morgan fingerprint density at radius 1 is 1.14 bits per heavy atom. The summed E-state index contributed by atoms with van der Waals surface area (Å²) in [4.78, 5) is 26.7. The molecule has 8 nitrogen and oxygen atoms in total. The molecule has 2 fully saturated rings. The number of piperazine rings is 1. The number of halogens is 4. The lowest BCUT2D eigenvalue weighted by Crippen LogP contribution is -2.62. The zero-order valence-electron chi connectivity index (χ0n) is 20.7. The molecule has 2 saturated heterocycles. The topological polar surface area (TPSA) is 88.4 Å². The van der Waals surface area contributed by atoms with Gasteiger partial charge in [0.25, 0.3) is 0 Å². The number of amides is 2. The number of alkyl halides is 3. The maximum Gasteiger partial charge on any atom is 0.419 e. The van der Waals surface area contributed by atoms with Gasteiger partial charge in [0.2, 0.25) is 5.95 Å². The highest BCUT2D eigenvalue weighted by atomic mass is 19.4. The summed E-state index contributed by atoms with van der Waals surface area (Å²) < 4.78 is 52.0. The third-order valence-corrected chi connectivity index (χ3v) is 6.87. The maximum absolute atomic E-state index is 13.6. The lowest BCUT2D eigenvalue weighted by molar-refractivity contribution is -0.138. The highest BCUT2D eigenvalue weighted by molar-refractivity contribution is 5.75. The van der Waals surface area contributed by atoms with Gasteiger partial charge in [-0.2, -0.15) is 18.4 Å². The first-order valence-corrected chi connectivity index (χ1v) is 12.2. The van der Waals surface area contributed by atoms with Crippen molar-refractivity contribution in [2.45, 2.75) is 57.5 Å². The minimum Gasteiger partial charge on any atom is -0.337 e. The Morgan fingerprint density at radius 2 is 1.76 bits per heavy atom. The molecule has 1 aromatic carbocycles. The Hall–Kier alpha value is -3.46. The number of hydrogen-bond acceptors (Lipinski definition) is 6. The average molecular weight is 520 g/mol. The molecule has 198 valence electrons. The van der Waals surface area contributed by atoms with Crippen LogP contribution in [0.3, 0.4) is 0 Å². The molecule has 3 heterocycles. The van der Waals surface area contributed by atoms with E-state index in [0.29, 0.717) is 19.6 Å². The minimum atomic E-state index is -4.49. The standard InChI is InChI=1S/C25H29F4N7O/c1-16-13-35(23-31-11-20(12-32-23)25(27,28)29)14-17(2)36(16)24(37)33-21-5-7-34(8-6-21)15-18-3-4-22(26)19(9-18)10-30/h3-4,9,11-12,16-17,21H,5-8,13-15H2,1-2H3,(H,33,37)/t16-,17+. The SMILES string of the molecule is C[C@@H]1CN(c2ncc(C(F)(F)F)cn2)C[C@H](C)N1C(=O)NC1CCN(Cc2ccc(F)c(C#N)c2)CC1. The van der Waals surface area contributed by atoms with Crippen molar-refractivity contribution < 1.29 is 22.4 Å². The number of likely N-dealkylation sites (tertiary alicyclic amines) is 1. The Balaban J connectivity index is 1.28. The third-order valence-electron chi connectivity index (χ3n) is 6.87. The quantitative estimate of drug-likeness (QED) is 0.619. The van der Waals surface area contributed by atoms with Gasteiger partial charge in [-0.05, 0) is 44.4 Å². The second-order valence-corrected chi connectivity index (χ2v) is 9.71. The molecule has 0 unspecified atom stereocenters. The van der Waals surface area contributed by atoms with E-state index < -0.39 is 17.6 Å². The molecule has 0 bridgehead atoms. The number of nitrogens with zero attached hydrogens (tertiary/aromatic N) is 6. The van der Waals surface area contributed by atoms with Crippen molar-refractivity contribution in [1.82, 2.24) is 25.1 Å². The first-order valence-electron chi connectivity index (χ1n) is 12.2. The molecule has 0 radical (unpaired) electrons. The fourth-order valence-corrected chi connectivity index (χ4v) is 5.02. The molecule has 0 saturated carbocycles. The summed E-state index contributed by atoms with van der Waals surface area (Å²) in [6.07, 6.45) is -1.41. The first-order chi connectivity index (χ1) is 17.5. The highest BCUT2D eigenvalue weighted by Crippen LogP contribution is 2.29. The summed E-state index contributed by atoms with van der Waals surface area (Å²) in [5, 5.41) is 12.2. The van der Waals surface area contributed by atoms with E-state index in [-0.39, 0.29) is 35.7 Å². The molecule has 12 heteroatoms. The van der Waals surface area contributed by atoms with Crippen LogP contribution in [0, 0.1) is 17.1 Å². The van der Waals surface area contributed by atoms with Gasteiger partial charge in [0.15, 0.2) is 0 Å². The summed E-state index contributed by atoms with van der Waals surface area (Å²) in [5.74, 6) is -0.314. The predicted octanol–water partition coefficient (Wildman–Crippen LogP) is 3.78. The van der Waals surface area contributed by atoms with Gasteiger partial charge >= 0.3 is 12.2 Å². The van der Waals surface area contributed by atoms with Crippen LogP contribution in [-0.2, 0) is 12.7 Å². The summed E-state index contributed by atoms with van der Waals surface area (Å²) in [6, 6.07) is 5.90. The van der Waals surface area contributed by atoms with E-state index in [4.69, 9.17) is 5.26 Å². The molecule has 0 aliphatic carbocycles. The molecular formula is C25H29F4N7O. The van der Waals surface area contributed by atoms with Crippen molar-refractivity contribution in [3.63, 3.8) is 0 Å². The largest absolute Gasteiger partial charge is 0.419 e. The predicted molar refractivity (Wildman–Crippen MR) is 128 cm³/mol. The number of nitriles is 1. The van der Waals surface area contributed by atoms with Crippen molar-refractivity contribution in [3.05, 3.63) is 53.1 Å². The van der Waals surface area contributed by atoms with Crippen LogP contribution in [0.2, 0.25) is 0 Å². The second-order valence-electron chi connectivity index (χ2n) is 9.71. The van der Waals surface area contributed by atoms with Gasteiger partial charge in [-0.25, -0.2) is 19.2 Å². The molecule has 0 spiro atoms. The fourth-order valence-electron chi connectivity index (χ4n) is 5.02. The van der Waals surface area contributed by atoms with E-state index in [1.807, 2.05) is 19.9 Å². The summed E-state index contributed by atoms with van der Waals surface area (Å²) in [5.41, 5.74) is 0.0110. The van der Waals surface area contributed by atoms with E-state index in [0.717, 1.165) is 43.9 Å². The Kier molecular flexibility index (Phi) is 7.82. The van der Waals surface area contributed by atoms with Crippen molar-refractivity contribution in [3.8, 4) is 6.07 Å². The van der Waals surface area contributed by atoms with Crippen LogP contribution in [0.25, 0.3) is 0 Å². The lowest BCUT2D eigenvalue weighted by atomic mass is 10.0. The Labute approximate surface area is 212 Å². The van der Waals surface area contributed by atoms with Gasteiger partial charge in [-0.1, -0.05) is 6.07 Å². The smallest absolute Gasteiger partial charge is 0.337 e. The number of anilines is 1. The van der Waals surface area contributed by atoms with E-state index in [1.54, 1.807) is 21.9 Å². The van der Waals surface area contributed by atoms with Crippen LogP contribution in [0.4, 0.5) is 28.3 Å². The van der Waals surface area contributed by atoms with Gasteiger partial charge in [-0.3, -0.25) is 4.90 Å². The third kappa shape index (κ3) is 6.28. The monoisotopic (exact) mass is 519 g/mol. The van der Waals surface area contributed by atoms with Gasteiger partial charge < -0.3 is 15.1 Å². The van der Waals surface area contributed by atoms with Gasteiger partial charge in [0.05, 0.1) is 11.1 Å². The Bertz CT molecular complexity index is 1130. The summed E-state index contributed by atoms with van der Waals surface area (Å²) in [7, 11) is 0. The van der Waals surface area contributed by atoms with E-state index >= 15 is 0 Å². The molecule has 37 heavy (non-hydrogen) atoms. The number of carbonyl (C=O) groups excluding carboxylic acids is 1. The molecular weight excluding hydrogens is 490 g/mol. The van der Waals surface area contributed by atoms with Crippen LogP contribution in [0.15, 0.2) is 30.6 Å². The van der Waals surface area contributed by atoms with E-state index in [1.165, 1.54) is 6.07 Å². The molecule has 1 aromatic heterocycles. The normalized spacial score (nSPS) is 21.5. The second kappa shape index (κ2) is 10.9. The maximum atomic E-state index is 13.6. The number of urea groups is 1. The zero-order valence-corrected chi connectivity index (χ0v) is 20.7. The summed E-state index contributed by atoms with van der Waals surface area (Å²) in [6.45, 7) is 6.73. The van der Waals surface area contributed by atoms with Crippen LogP contribution in [0.5, 0.6) is 0 Å². The number of piperidine rings is 1. The first kappa shape index (κ1) is 26.6. The van der Waals surface area contributed by atoms with Crippen molar-refractivity contribution in [1.29, 1.82) is 5.26 Å². The van der Waals surface area contributed by atoms with Crippen LogP contribution in [-0.4, -0.2) is 70.1 Å². The Morgan fingerprint density at radius 3 is 2.32 bits per heavy atom. The molecule has 1 N–H and O–H groups in total. The van der Waals surface area contributed by atoms with Gasteiger partial charge in [0.1, 0.15) is 11.9 Å². The number of hydrogen-bond donors (Lipinski definition) is 1. The molecule has 2 aliphatic rings. The summed E-state index contributed by atoms with van der Waals surface area (Å²) >= 11 is 0. The molecule has 2 aliphatic heterocycles. The highest BCUT2D eigenvalue weighted by Gasteiger charge is 2.36. The molecule has 2 atom stereocenters. The van der Waals surface area contributed by atoms with Crippen molar-refractivity contribution in [2.75, 3.05) is 31.1 Å². The van der Waals surface area contributed by atoms with E-state index in [9.17, 15) is 22.4 Å². The number of nitrogens with one attached hydrogen (secondary N) is 1. The zero-order chi connectivity index (χ0) is 26.7. The van der Waals surface area contributed by atoms with Crippen LogP contribution >= 0.6 is 0 Å². The number of benzene rings is 1. The number of rotatable bonds is 4. The molecule has 2 aromatic rings. The fraction of sp³-hybridized carbons (Fsp3) is 0.520. The van der Waals surface area contributed by atoms with Gasteiger partial charge in [-0.15, -0.1) is 0 Å². The van der Waals surface area contributed by atoms with Gasteiger partial charge in [0, 0.05) is 63.2 Å². The minimum absolute atomic E-state index is 0.0160. The number of aromatic nitrogens is 2. The van der Waals surface area contributed by atoms with Crippen molar-refractivity contribution >= 4 is 12.0 Å². The van der Waals surface area contributed by atoms with E-state index in [2.05, 4.69) is 20.2 Å². The van der Waals surface area contributed by atoms with Crippen LogP contribution < -0.4 is 10.2 Å².